The zero-order valence-electron chi connectivity index (χ0n) is 37.3. The molecule has 8 aromatic carbocycles. The highest BCUT2D eigenvalue weighted by molar-refractivity contribution is 7.00. The van der Waals surface area contributed by atoms with E-state index in [-0.39, 0.29) is 12.1 Å². The molecule has 0 fully saturated rings. The third-order valence-electron chi connectivity index (χ3n) is 14.7. The maximum atomic E-state index is 7.36. The number of hydrogen-bond acceptors (Lipinski definition) is 4. The summed E-state index contributed by atoms with van der Waals surface area (Å²) in [6, 6.07) is 58.5. The maximum absolute atomic E-state index is 7.36. The van der Waals surface area contributed by atoms with Crippen molar-refractivity contribution >= 4 is 68.4 Å². The Morgan fingerprint density at radius 2 is 1.03 bits per heavy atom. The molecule has 3 aliphatic heterocycles. The minimum absolute atomic E-state index is 0.147. The van der Waals surface area contributed by atoms with Gasteiger partial charge >= 0.3 is 0 Å². The van der Waals surface area contributed by atoms with Gasteiger partial charge < -0.3 is 19.0 Å². The van der Waals surface area contributed by atoms with Crippen LogP contribution in [0.4, 0.5) is 34.1 Å². The van der Waals surface area contributed by atoms with Gasteiger partial charge in [0.1, 0.15) is 17.1 Å². The van der Waals surface area contributed by atoms with Gasteiger partial charge in [-0.25, -0.2) is 0 Å². The topological polar surface area (TPSA) is 28.9 Å². The molecule has 9 aromatic rings. The zero-order chi connectivity index (χ0) is 43.4. The second-order valence-corrected chi connectivity index (χ2v) is 19.4. The first-order valence-electron chi connectivity index (χ1n) is 22.6. The van der Waals surface area contributed by atoms with Crippen molar-refractivity contribution < 1.29 is 9.15 Å². The number of anilines is 6. The average Bonchev–Trinajstić information content (AvgIpc) is 3.80. The highest BCUT2D eigenvalue weighted by Crippen LogP contribution is 2.63. The number of ether oxygens (including phenoxy) is 1. The predicted octanol–water partition coefficient (Wildman–Crippen LogP) is 13.5. The minimum atomic E-state index is -0.620. The first kappa shape index (κ1) is 37.3. The minimum Gasteiger partial charge on any atom is -0.468 e. The number of benzene rings is 8. The number of furan rings is 1. The molecule has 0 amide bonds. The van der Waals surface area contributed by atoms with Gasteiger partial charge in [-0.05, 0) is 137 Å². The van der Waals surface area contributed by atoms with Crippen molar-refractivity contribution in [2.24, 2.45) is 0 Å². The van der Waals surface area contributed by atoms with E-state index in [0.29, 0.717) is 0 Å². The molecule has 0 saturated carbocycles. The van der Waals surface area contributed by atoms with E-state index in [1.54, 1.807) is 0 Å². The van der Waals surface area contributed by atoms with Crippen LogP contribution >= 0.6 is 0 Å². The van der Waals surface area contributed by atoms with Gasteiger partial charge in [-0.15, -0.1) is 0 Å². The van der Waals surface area contributed by atoms with Gasteiger partial charge in [-0.3, -0.25) is 0 Å². The molecule has 5 heteroatoms. The van der Waals surface area contributed by atoms with Crippen LogP contribution in [0, 0.1) is 27.7 Å². The van der Waals surface area contributed by atoms with Gasteiger partial charge in [0, 0.05) is 33.6 Å². The molecule has 1 aliphatic carbocycles. The summed E-state index contributed by atoms with van der Waals surface area (Å²) in [7, 11) is 0. The summed E-state index contributed by atoms with van der Waals surface area (Å²) in [6.45, 7) is 15.8. The molecule has 4 nitrogen and oxygen atoms in total. The van der Waals surface area contributed by atoms with Gasteiger partial charge in [0.15, 0.2) is 0 Å². The lowest BCUT2D eigenvalue weighted by molar-refractivity contribution is 0.436. The van der Waals surface area contributed by atoms with E-state index in [1.807, 2.05) is 0 Å². The van der Waals surface area contributed by atoms with E-state index in [4.69, 9.17) is 9.15 Å². The molecule has 64 heavy (non-hydrogen) atoms. The van der Waals surface area contributed by atoms with Gasteiger partial charge in [0.2, 0.25) is 0 Å². The molecule has 0 N–H and O–H groups in total. The normalized spacial score (nSPS) is 14.6. The van der Waals surface area contributed by atoms with Crippen molar-refractivity contribution in [3.63, 3.8) is 0 Å². The van der Waals surface area contributed by atoms with Crippen molar-refractivity contribution in [2.75, 3.05) is 9.80 Å². The average molecular weight is 827 g/mol. The summed E-state index contributed by atoms with van der Waals surface area (Å²) in [6.07, 6.45) is 0. The number of rotatable bonds is 2. The second kappa shape index (κ2) is 12.9. The van der Waals surface area contributed by atoms with E-state index in [0.717, 1.165) is 44.9 Å². The van der Waals surface area contributed by atoms with Gasteiger partial charge in [-0.2, -0.15) is 0 Å². The van der Waals surface area contributed by atoms with Crippen LogP contribution in [0.3, 0.4) is 0 Å². The Hall–Kier alpha value is -7.24. The molecular weight excluding hydrogens is 779 g/mol. The Morgan fingerprint density at radius 1 is 0.484 bits per heavy atom. The molecule has 308 valence electrons. The summed E-state index contributed by atoms with van der Waals surface area (Å²) in [5.41, 5.74) is 24.2. The maximum Gasteiger partial charge on any atom is 0.297 e. The quantitative estimate of drug-likeness (QED) is 0.162. The number of para-hydroxylation sites is 5. The molecule has 4 heterocycles. The Labute approximate surface area is 375 Å². The van der Waals surface area contributed by atoms with Gasteiger partial charge in [0.25, 0.3) is 6.71 Å². The fraction of sp³-hybridized carbons (Fsp3) is 0.153. The van der Waals surface area contributed by atoms with Crippen LogP contribution < -0.4 is 31.1 Å². The molecule has 0 atom stereocenters. The number of hydrogen-bond donors (Lipinski definition) is 0. The fourth-order valence-electron chi connectivity index (χ4n) is 12.0. The summed E-state index contributed by atoms with van der Waals surface area (Å²) in [4.78, 5) is 5.17. The second-order valence-electron chi connectivity index (χ2n) is 19.4. The molecule has 0 unspecified atom stereocenters. The van der Waals surface area contributed by atoms with Crippen LogP contribution in [0.25, 0.3) is 22.1 Å². The highest BCUT2D eigenvalue weighted by Gasteiger charge is 2.54. The van der Waals surface area contributed by atoms with Crippen molar-refractivity contribution in [1.29, 1.82) is 0 Å². The monoisotopic (exact) mass is 826 g/mol. The Bertz CT molecular complexity index is 3410. The lowest BCUT2D eigenvalue weighted by Crippen LogP contribution is -2.61. The lowest BCUT2D eigenvalue weighted by atomic mass is 9.35. The first-order valence-corrected chi connectivity index (χ1v) is 22.6. The molecule has 0 bridgehead atoms. The van der Waals surface area contributed by atoms with Crippen LogP contribution in [0.5, 0.6) is 11.5 Å². The standard InChI is InChI=1S/C59H47BN2O2/c1-34-18-16-19-35(2)54(34)61-47-32-41-39-22-8-10-24-42(39)59(43-25-11-14-28-51(43)63-52-29-15-12-26-44(52)59)45(41)33-46(47)60-53-48(61)30-38(58(5,6)7)31-49(53)62(55-36(3)20-17-21-37(55)4)56-40-23-9-13-27-50(40)64-57(56)60/h8-33H,1-7H3. The summed E-state index contributed by atoms with van der Waals surface area (Å²) < 4.78 is 14.1. The fourth-order valence-corrected chi connectivity index (χ4v) is 12.0. The SMILES string of the molecule is Cc1cccc(C)c1N1c2cc3c(cc2B2c4oc5ccccc5c4N(c4c(C)cccc4C)c4cc(C(C)(C)C)cc1c42)C1(c2ccccc2Oc2ccccc21)c1ccccc1-3. The van der Waals surface area contributed by atoms with Crippen LogP contribution in [0.15, 0.2) is 162 Å². The zero-order valence-corrected chi connectivity index (χ0v) is 37.3. The molecule has 0 radical (unpaired) electrons. The number of fused-ring (bicyclic) bond motifs is 15. The summed E-state index contributed by atoms with van der Waals surface area (Å²) in [5.74, 6) is 1.78. The smallest absolute Gasteiger partial charge is 0.297 e. The van der Waals surface area contributed by atoms with Crippen molar-refractivity contribution in [3.05, 3.63) is 208 Å². The van der Waals surface area contributed by atoms with Crippen LogP contribution in [0.1, 0.15) is 70.8 Å². The third kappa shape index (κ3) is 4.74. The lowest BCUT2D eigenvalue weighted by Gasteiger charge is -2.45. The molecule has 13 rings (SSSR count). The molecule has 1 aromatic heterocycles. The summed E-state index contributed by atoms with van der Waals surface area (Å²) in [5, 5.41) is 1.12. The van der Waals surface area contributed by atoms with E-state index < -0.39 is 5.41 Å². The van der Waals surface area contributed by atoms with E-state index in [9.17, 15) is 0 Å². The number of aryl methyl sites for hydroxylation is 4. The number of nitrogens with zero attached hydrogens (tertiary/aromatic N) is 2. The molecule has 0 saturated heterocycles. The van der Waals surface area contributed by atoms with Crippen molar-refractivity contribution in [2.45, 2.75) is 59.3 Å². The van der Waals surface area contributed by atoms with Crippen LogP contribution in [-0.2, 0) is 10.8 Å². The summed E-state index contributed by atoms with van der Waals surface area (Å²) >= 11 is 0. The van der Waals surface area contributed by atoms with Crippen LogP contribution in [-0.4, -0.2) is 6.71 Å². The van der Waals surface area contributed by atoms with Crippen molar-refractivity contribution in [1.82, 2.24) is 0 Å². The van der Waals surface area contributed by atoms with Gasteiger partial charge in [-0.1, -0.05) is 136 Å². The molecule has 4 aliphatic rings. The Balaban J connectivity index is 1.23. The van der Waals surface area contributed by atoms with E-state index in [2.05, 4.69) is 216 Å². The molecule has 1 spiro atoms. The van der Waals surface area contributed by atoms with Crippen molar-refractivity contribution in [3.8, 4) is 22.6 Å². The van der Waals surface area contributed by atoms with E-state index in [1.165, 1.54) is 89.4 Å². The van der Waals surface area contributed by atoms with Crippen LogP contribution in [0.2, 0.25) is 0 Å². The first-order chi connectivity index (χ1) is 31.1. The Morgan fingerprint density at radius 3 is 1.67 bits per heavy atom. The molecular formula is C59H47BN2O2. The third-order valence-corrected chi connectivity index (χ3v) is 14.7. The van der Waals surface area contributed by atoms with Gasteiger partial charge in [0.05, 0.1) is 28.1 Å². The highest BCUT2D eigenvalue weighted by atomic mass is 16.5. The van der Waals surface area contributed by atoms with E-state index >= 15 is 0 Å². The largest absolute Gasteiger partial charge is 0.468 e. The Kier molecular flexibility index (Phi) is 7.54. The predicted molar refractivity (Wildman–Crippen MR) is 265 cm³/mol.